The van der Waals surface area contributed by atoms with Crippen LogP contribution in [0.1, 0.15) is 0 Å². The molecule has 0 atom stereocenters. The first-order chi connectivity index (χ1) is 7.24. The van der Waals surface area contributed by atoms with Crippen molar-refractivity contribution in [2.45, 2.75) is 0 Å². The van der Waals surface area contributed by atoms with Gasteiger partial charge in [0.15, 0.2) is 0 Å². The van der Waals surface area contributed by atoms with Gasteiger partial charge in [-0.3, -0.25) is 4.84 Å². The van der Waals surface area contributed by atoms with Crippen molar-refractivity contribution in [3.8, 4) is 5.75 Å². The average molecular weight is 227 g/mol. The molecule has 0 aliphatic carbocycles. The third-order valence-corrected chi connectivity index (χ3v) is 2.93. The van der Waals surface area contributed by atoms with Crippen LogP contribution in [0.4, 0.5) is 5.69 Å². The summed E-state index contributed by atoms with van der Waals surface area (Å²) in [6.07, 6.45) is 0. The smallest absolute Gasteiger partial charge is 0.511 e. The molecule has 0 aliphatic heterocycles. The quantitative estimate of drug-likeness (QED) is 0.557. The molecule has 6 heteroatoms. The lowest BCUT2D eigenvalue weighted by Crippen LogP contribution is -2.33. The van der Waals surface area contributed by atoms with Gasteiger partial charge in [0.1, 0.15) is 11.4 Å². The van der Waals surface area contributed by atoms with Gasteiger partial charge in [-0.05, 0) is 12.1 Å². The largest absolute Gasteiger partial charge is 0.668 e. The van der Waals surface area contributed by atoms with E-state index < -0.39 is 9.09 Å². The maximum absolute atomic E-state index is 11.5. The second kappa shape index (κ2) is 5.47. The minimum atomic E-state index is -2.42. The molecule has 0 spiro atoms. The lowest BCUT2D eigenvalue weighted by molar-refractivity contribution is 0.184. The van der Waals surface area contributed by atoms with Crippen LogP contribution in [0.5, 0.6) is 5.75 Å². The first kappa shape index (κ1) is 11.7. The van der Waals surface area contributed by atoms with Gasteiger partial charge in [0, 0.05) is 0 Å². The lowest BCUT2D eigenvalue weighted by Gasteiger charge is -2.19. The van der Waals surface area contributed by atoms with E-state index in [1.165, 1.54) is 26.1 Å². The molecular weight excluding hydrogens is 214 g/mol. The van der Waals surface area contributed by atoms with Crippen molar-refractivity contribution >= 4 is 14.8 Å². The zero-order chi connectivity index (χ0) is 11.3. The molecule has 5 nitrogen and oxygen atoms in total. The third-order valence-electron chi connectivity index (χ3n) is 1.83. The Bertz CT molecular complexity index is 345. The molecule has 0 aliphatic rings. The molecule has 82 valence electrons. The van der Waals surface area contributed by atoms with Gasteiger partial charge in [0.2, 0.25) is 0 Å². The van der Waals surface area contributed by atoms with Crippen LogP contribution in [0, 0.1) is 0 Å². The Kier molecular flexibility index (Phi) is 4.26. The zero-order valence-corrected chi connectivity index (χ0v) is 9.89. The topological polar surface area (TPSA) is 48.0 Å². The van der Waals surface area contributed by atoms with Gasteiger partial charge in [-0.15, -0.1) is 0 Å². The SMILES string of the molecule is COc1ccccc1N(OC)[Si](=O)OC. The molecule has 0 saturated heterocycles. The highest BCUT2D eigenvalue weighted by Crippen LogP contribution is 2.27. The third kappa shape index (κ3) is 2.54. The molecule has 0 bridgehead atoms. The fourth-order valence-electron chi connectivity index (χ4n) is 1.15. The van der Waals surface area contributed by atoms with E-state index in [-0.39, 0.29) is 0 Å². The first-order valence-electron chi connectivity index (χ1n) is 4.29. The number of hydrogen-bond donors (Lipinski definition) is 0. The summed E-state index contributed by atoms with van der Waals surface area (Å²) < 4.78 is 22.6. The number of rotatable bonds is 5. The Balaban J connectivity index is 3.05. The van der Waals surface area contributed by atoms with Crippen molar-refractivity contribution in [2.24, 2.45) is 0 Å². The van der Waals surface area contributed by atoms with Crippen LogP contribution in [-0.4, -0.2) is 30.4 Å². The summed E-state index contributed by atoms with van der Waals surface area (Å²) in [7, 11) is 1.91. The first-order valence-corrected chi connectivity index (χ1v) is 5.56. The number of para-hydroxylation sites is 2. The number of benzene rings is 1. The van der Waals surface area contributed by atoms with Gasteiger partial charge in [-0.2, -0.15) is 4.73 Å². The molecule has 0 N–H and O–H groups in total. The van der Waals surface area contributed by atoms with Crippen molar-refractivity contribution in [3.05, 3.63) is 24.3 Å². The fourth-order valence-corrected chi connectivity index (χ4v) is 1.85. The van der Waals surface area contributed by atoms with Crippen LogP contribution < -0.4 is 9.47 Å². The summed E-state index contributed by atoms with van der Waals surface area (Å²) in [5.74, 6) is 0.578. The zero-order valence-electron chi connectivity index (χ0n) is 8.89. The van der Waals surface area contributed by atoms with Crippen LogP contribution in [0.15, 0.2) is 24.3 Å². The van der Waals surface area contributed by atoms with Crippen molar-refractivity contribution in [3.63, 3.8) is 0 Å². The Hall–Kier alpha value is -1.40. The van der Waals surface area contributed by atoms with Crippen molar-refractivity contribution in [1.29, 1.82) is 0 Å². The molecule has 1 aromatic rings. The molecular formula is C9H13NO4Si. The second-order valence-electron chi connectivity index (χ2n) is 2.62. The number of ether oxygens (including phenoxy) is 1. The fraction of sp³-hybridized carbons (Fsp3) is 0.333. The van der Waals surface area contributed by atoms with E-state index in [0.717, 1.165) is 0 Å². The molecule has 0 heterocycles. The summed E-state index contributed by atoms with van der Waals surface area (Å²) in [5.41, 5.74) is 0.577. The van der Waals surface area contributed by atoms with Crippen LogP contribution in [0.3, 0.4) is 0 Å². The Morgan fingerprint density at radius 3 is 2.40 bits per heavy atom. The summed E-state index contributed by atoms with van der Waals surface area (Å²) in [6, 6.07) is 7.12. The lowest BCUT2D eigenvalue weighted by atomic mass is 10.3. The Morgan fingerprint density at radius 1 is 1.20 bits per heavy atom. The predicted molar refractivity (Wildman–Crippen MR) is 55.9 cm³/mol. The predicted octanol–water partition coefficient (Wildman–Crippen LogP) is 1.12. The molecule has 1 rings (SSSR count). The van der Waals surface area contributed by atoms with Gasteiger partial charge in [0.25, 0.3) is 0 Å². The highest BCUT2D eigenvalue weighted by molar-refractivity contribution is 6.40. The molecule has 0 saturated carbocycles. The van der Waals surface area contributed by atoms with Crippen molar-refractivity contribution < 1.29 is 18.5 Å². The molecule has 1 aromatic carbocycles. The van der Waals surface area contributed by atoms with E-state index in [4.69, 9.17) is 14.0 Å². The monoisotopic (exact) mass is 227 g/mol. The highest BCUT2D eigenvalue weighted by Gasteiger charge is 2.23. The minimum absolute atomic E-state index is 0.577. The Morgan fingerprint density at radius 2 is 1.87 bits per heavy atom. The van der Waals surface area contributed by atoms with E-state index in [1.54, 1.807) is 18.2 Å². The van der Waals surface area contributed by atoms with Gasteiger partial charge >= 0.3 is 9.09 Å². The minimum Gasteiger partial charge on any atom is -0.511 e. The van der Waals surface area contributed by atoms with Crippen LogP contribution in [0.25, 0.3) is 0 Å². The molecule has 0 fully saturated rings. The molecule has 0 aromatic heterocycles. The van der Waals surface area contributed by atoms with E-state index in [9.17, 15) is 4.46 Å². The summed E-state index contributed by atoms with van der Waals surface area (Å²) in [6.45, 7) is 0. The standard InChI is InChI=1S/C9H13NO4Si/c1-12-9-7-5-4-6-8(9)10(13-2)15(11)14-3/h4-7H,1-3H3. The summed E-state index contributed by atoms with van der Waals surface area (Å²) in [4.78, 5) is 4.99. The summed E-state index contributed by atoms with van der Waals surface area (Å²) >= 11 is 0. The van der Waals surface area contributed by atoms with E-state index in [1.807, 2.05) is 6.07 Å². The van der Waals surface area contributed by atoms with Gasteiger partial charge < -0.3 is 13.6 Å². The normalized spacial score (nSPS) is 9.53. The molecule has 0 radical (unpaired) electrons. The second-order valence-corrected chi connectivity index (χ2v) is 3.97. The van der Waals surface area contributed by atoms with Gasteiger partial charge in [0.05, 0.1) is 21.3 Å². The summed E-state index contributed by atoms with van der Waals surface area (Å²) in [5, 5.41) is 0. The van der Waals surface area contributed by atoms with Crippen molar-refractivity contribution in [1.82, 2.24) is 0 Å². The Labute approximate surface area is 90.0 Å². The average Bonchev–Trinajstić information content (AvgIpc) is 2.30. The van der Waals surface area contributed by atoms with Gasteiger partial charge in [-0.1, -0.05) is 12.1 Å². The molecule has 15 heavy (non-hydrogen) atoms. The highest BCUT2D eigenvalue weighted by atomic mass is 28.3. The maximum atomic E-state index is 11.5. The number of hydrogen-bond acceptors (Lipinski definition) is 4. The number of nitrogens with zero attached hydrogens (tertiary/aromatic N) is 1. The van der Waals surface area contributed by atoms with Crippen LogP contribution in [-0.2, 0) is 13.7 Å². The van der Waals surface area contributed by atoms with Crippen LogP contribution in [0.2, 0.25) is 0 Å². The number of anilines is 1. The molecule has 0 unspecified atom stereocenters. The number of methoxy groups -OCH3 is 1. The molecule has 0 amide bonds. The van der Waals surface area contributed by atoms with E-state index in [2.05, 4.69) is 0 Å². The van der Waals surface area contributed by atoms with Gasteiger partial charge in [-0.25, -0.2) is 0 Å². The van der Waals surface area contributed by atoms with Crippen LogP contribution >= 0.6 is 0 Å². The van der Waals surface area contributed by atoms with E-state index >= 15 is 0 Å². The van der Waals surface area contributed by atoms with E-state index in [0.29, 0.717) is 11.4 Å². The van der Waals surface area contributed by atoms with Crippen molar-refractivity contribution in [2.75, 3.05) is 26.1 Å². The maximum Gasteiger partial charge on any atom is 0.668 e.